The lowest BCUT2D eigenvalue weighted by molar-refractivity contribution is -0.112. The maximum absolute atomic E-state index is 14.0. The molecular weight excluding hydrogens is 451 g/mol. The van der Waals surface area contributed by atoms with Crippen LogP contribution in [0.5, 0.6) is 0 Å². The molecule has 2 N–H and O–H groups in total. The number of para-hydroxylation sites is 1. The van der Waals surface area contributed by atoms with Gasteiger partial charge in [-0.2, -0.15) is 11.8 Å². The van der Waals surface area contributed by atoms with Crippen LogP contribution in [0.15, 0.2) is 54.3 Å². The Morgan fingerprint density at radius 2 is 1.68 bits per heavy atom. The predicted molar refractivity (Wildman–Crippen MR) is 139 cm³/mol. The summed E-state index contributed by atoms with van der Waals surface area (Å²) in [6.45, 7) is 2.22. The highest BCUT2D eigenvalue weighted by Crippen LogP contribution is 2.39. The molecule has 7 heteroatoms. The zero-order valence-electron chi connectivity index (χ0n) is 19.7. The van der Waals surface area contributed by atoms with Crippen molar-refractivity contribution in [1.82, 2.24) is 0 Å². The van der Waals surface area contributed by atoms with E-state index in [1.54, 1.807) is 36.0 Å². The first-order chi connectivity index (χ1) is 16.5. The van der Waals surface area contributed by atoms with Gasteiger partial charge in [-0.05, 0) is 42.5 Å². The van der Waals surface area contributed by atoms with Crippen LogP contribution in [0.25, 0.3) is 5.57 Å². The molecule has 1 aliphatic heterocycles. The summed E-state index contributed by atoms with van der Waals surface area (Å²) in [4.78, 5) is 27.0. The molecule has 0 atom stereocenters. The summed E-state index contributed by atoms with van der Waals surface area (Å²) in [6, 6.07) is 11.9. The van der Waals surface area contributed by atoms with Gasteiger partial charge in [0.1, 0.15) is 11.6 Å². The van der Waals surface area contributed by atoms with E-state index in [0.717, 1.165) is 23.5 Å². The monoisotopic (exact) mass is 484 g/mol. The van der Waals surface area contributed by atoms with E-state index in [9.17, 15) is 19.1 Å². The third kappa shape index (κ3) is 6.86. The van der Waals surface area contributed by atoms with Crippen LogP contribution in [0.3, 0.4) is 0 Å². The zero-order chi connectivity index (χ0) is 24.3. The molecule has 0 bridgehead atoms. The number of carbonyl (C=O) groups is 2. The normalized spacial score (nSPS) is 14.3. The number of nitrogens with zero attached hydrogens (tertiary/aromatic N) is 1. The summed E-state index contributed by atoms with van der Waals surface area (Å²) < 4.78 is 14.0. The van der Waals surface area contributed by atoms with E-state index in [1.165, 1.54) is 56.7 Å². The molecule has 0 aromatic heterocycles. The number of aliphatic hydroxyl groups excluding tert-OH is 1. The van der Waals surface area contributed by atoms with Gasteiger partial charge in [0.05, 0.1) is 17.0 Å². The van der Waals surface area contributed by atoms with Crippen LogP contribution in [0.1, 0.15) is 63.9 Å². The third-order valence-corrected chi connectivity index (χ3v) is 6.84. The van der Waals surface area contributed by atoms with Crippen molar-refractivity contribution in [1.29, 1.82) is 0 Å². The Bertz CT molecular complexity index is 1010. The minimum Gasteiger partial charge on any atom is -0.511 e. The Morgan fingerprint density at radius 3 is 2.38 bits per heavy atom. The molecule has 3 rings (SSSR count). The fraction of sp³-hybridized carbons (Fsp3) is 0.407. The molecule has 2 aromatic carbocycles. The summed E-state index contributed by atoms with van der Waals surface area (Å²) in [6.07, 6.45) is 9.84. The number of benzene rings is 2. The molecule has 0 aliphatic carbocycles. The van der Waals surface area contributed by atoms with Crippen molar-refractivity contribution in [2.24, 2.45) is 0 Å². The van der Waals surface area contributed by atoms with Gasteiger partial charge in [-0.3, -0.25) is 4.79 Å². The number of unbranched alkanes of at least 4 members (excludes halogenated alkanes) is 7. The molecule has 182 valence electrons. The minimum absolute atomic E-state index is 0.0128. The molecule has 0 radical (unpaired) electrons. The van der Waals surface area contributed by atoms with Crippen molar-refractivity contribution < 1.29 is 19.1 Å². The van der Waals surface area contributed by atoms with E-state index >= 15 is 0 Å². The van der Waals surface area contributed by atoms with Crippen LogP contribution in [0.4, 0.5) is 20.6 Å². The molecule has 3 amide bonds. The number of fused-ring (bicyclic) bond motifs is 1. The summed E-state index contributed by atoms with van der Waals surface area (Å²) in [5, 5.41) is 13.4. The van der Waals surface area contributed by atoms with Crippen LogP contribution in [0, 0.1) is 5.82 Å². The molecule has 0 unspecified atom stereocenters. The first-order valence-electron chi connectivity index (χ1n) is 12.0. The van der Waals surface area contributed by atoms with Gasteiger partial charge in [0.25, 0.3) is 5.91 Å². The van der Waals surface area contributed by atoms with E-state index in [2.05, 4.69) is 12.2 Å². The number of urea groups is 1. The summed E-state index contributed by atoms with van der Waals surface area (Å²) >= 11 is 1.54. The lowest BCUT2D eigenvalue weighted by Crippen LogP contribution is -2.37. The second kappa shape index (κ2) is 13.2. The van der Waals surface area contributed by atoms with Crippen molar-refractivity contribution in [2.45, 2.75) is 58.3 Å². The van der Waals surface area contributed by atoms with Crippen molar-refractivity contribution in [3.63, 3.8) is 0 Å². The second-order valence-corrected chi connectivity index (χ2v) is 9.55. The first-order valence-corrected chi connectivity index (χ1v) is 13.2. The summed E-state index contributed by atoms with van der Waals surface area (Å²) in [7, 11) is 0. The first kappa shape index (κ1) is 25.8. The van der Waals surface area contributed by atoms with Crippen LogP contribution in [0.2, 0.25) is 0 Å². The van der Waals surface area contributed by atoms with Crippen molar-refractivity contribution in [3.05, 3.63) is 65.7 Å². The van der Waals surface area contributed by atoms with E-state index in [4.69, 9.17) is 0 Å². The predicted octanol–water partition coefficient (Wildman–Crippen LogP) is 7.55. The third-order valence-electron chi connectivity index (χ3n) is 5.78. The second-order valence-electron chi connectivity index (χ2n) is 8.45. The van der Waals surface area contributed by atoms with Crippen molar-refractivity contribution in [2.75, 3.05) is 21.7 Å². The van der Waals surface area contributed by atoms with E-state index < -0.39 is 17.8 Å². The molecule has 1 aliphatic rings. The lowest BCUT2D eigenvalue weighted by atomic mass is 10.1. The highest BCUT2D eigenvalue weighted by Gasteiger charge is 2.39. The highest BCUT2D eigenvalue weighted by atomic mass is 32.2. The van der Waals surface area contributed by atoms with Crippen LogP contribution < -0.4 is 10.2 Å². The number of nitrogens with one attached hydrogen (secondary N) is 1. The van der Waals surface area contributed by atoms with Gasteiger partial charge in [0.15, 0.2) is 0 Å². The Morgan fingerprint density at radius 1 is 1.00 bits per heavy atom. The van der Waals surface area contributed by atoms with Crippen LogP contribution in [-0.2, 0) is 4.79 Å². The molecule has 5 nitrogen and oxygen atoms in total. The van der Waals surface area contributed by atoms with Gasteiger partial charge in [-0.15, -0.1) is 0 Å². The molecule has 0 fully saturated rings. The number of halogens is 1. The molecule has 0 saturated heterocycles. The van der Waals surface area contributed by atoms with Crippen LogP contribution in [-0.4, -0.2) is 28.6 Å². The van der Waals surface area contributed by atoms with Crippen molar-refractivity contribution >= 4 is 40.6 Å². The SMILES string of the molecule is CCCCCCCCCCSCC(O)=C1C(=O)N(C(=O)Nc2ccccc2)c2ccc(F)cc21. The van der Waals surface area contributed by atoms with E-state index in [-0.39, 0.29) is 28.3 Å². The van der Waals surface area contributed by atoms with Gasteiger partial charge >= 0.3 is 6.03 Å². The zero-order valence-corrected chi connectivity index (χ0v) is 20.5. The number of imide groups is 1. The number of amides is 3. The standard InChI is InChI=1S/C27H33FN2O3S/c1-2-3-4-5-6-7-8-12-17-34-19-24(31)25-22-18-20(28)15-16-23(22)30(26(25)32)27(33)29-21-13-10-9-11-14-21/h9-11,13-16,18,31H,2-8,12,17,19H2,1H3,(H,29,33). The van der Waals surface area contributed by atoms with Crippen LogP contribution >= 0.6 is 11.8 Å². The number of rotatable bonds is 12. The van der Waals surface area contributed by atoms with Gasteiger partial charge < -0.3 is 10.4 Å². The molecule has 34 heavy (non-hydrogen) atoms. The van der Waals surface area contributed by atoms with Crippen molar-refractivity contribution in [3.8, 4) is 0 Å². The highest BCUT2D eigenvalue weighted by molar-refractivity contribution is 7.99. The largest absolute Gasteiger partial charge is 0.511 e. The Kier molecular flexibility index (Phi) is 10.0. The molecule has 0 saturated carbocycles. The van der Waals surface area contributed by atoms with E-state index in [0.29, 0.717) is 5.69 Å². The number of aliphatic hydroxyl groups is 1. The quantitative estimate of drug-likeness (QED) is 0.185. The maximum atomic E-state index is 14.0. The molecule has 2 aromatic rings. The lowest BCUT2D eigenvalue weighted by Gasteiger charge is -2.16. The Balaban J connectivity index is 1.60. The van der Waals surface area contributed by atoms with Gasteiger partial charge in [0.2, 0.25) is 0 Å². The number of anilines is 2. The number of hydrogen-bond acceptors (Lipinski definition) is 4. The summed E-state index contributed by atoms with van der Waals surface area (Å²) in [5.41, 5.74) is 1.01. The number of hydrogen-bond donors (Lipinski definition) is 2. The minimum atomic E-state index is -0.654. The fourth-order valence-electron chi connectivity index (χ4n) is 4.00. The average molecular weight is 485 g/mol. The molecule has 0 spiro atoms. The smallest absolute Gasteiger partial charge is 0.333 e. The number of carbonyl (C=O) groups excluding carboxylic acids is 2. The average Bonchev–Trinajstić information content (AvgIpc) is 3.11. The topological polar surface area (TPSA) is 69.6 Å². The molecule has 1 heterocycles. The van der Waals surface area contributed by atoms with E-state index in [1.807, 2.05) is 6.07 Å². The Labute approximate surface area is 205 Å². The summed E-state index contributed by atoms with van der Waals surface area (Å²) in [5.74, 6) is -0.208. The molecular formula is C27H33FN2O3S. The number of thioether (sulfide) groups is 1. The van der Waals surface area contributed by atoms with Gasteiger partial charge in [-0.25, -0.2) is 14.1 Å². The van der Waals surface area contributed by atoms with Gasteiger partial charge in [0, 0.05) is 11.3 Å². The maximum Gasteiger partial charge on any atom is 0.333 e. The van der Waals surface area contributed by atoms with Gasteiger partial charge in [-0.1, -0.05) is 70.1 Å². The fourth-order valence-corrected chi connectivity index (χ4v) is 4.89. The Hall–Kier alpha value is -2.80.